The lowest BCUT2D eigenvalue weighted by atomic mass is 9.88. The zero-order valence-electron chi connectivity index (χ0n) is 26.0. The second-order valence-electron chi connectivity index (χ2n) is 13.5. The molecule has 4 aromatic rings. The molecule has 1 N–H and O–H groups in total. The van der Waals surface area contributed by atoms with E-state index in [0.717, 1.165) is 51.7 Å². The van der Waals surface area contributed by atoms with E-state index in [-0.39, 0.29) is 40.7 Å². The van der Waals surface area contributed by atoms with Crippen LogP contribution in [0.2, 0.25) is 0 Å². The zero-order valence-corrected chi connectivity index (χ0v) is 26.0. The van der Waals surface area contributed by atoms with Gasteiger partial charge in [-0.2, -0.15) is 9.97 Å². The number of aryl methyl sites for hydroxylation is 1. The van der Waals surface area contributed by atoms with E-state index in [2.05, 4.69) is 19.8 Å². The van der Waals surface area contributed by atoms with Gasteiger partial charge in [-0.3, -0.25) is 9.88 Å². The van der Waals surface area contributed by atoms with Crippen LogP contribution in [0.5, 0.6) is 11.8 Å². The number of nitrogens with zero attached hydrogens (tertiary/aromatic N) is 5. The van der Waals surface area contributed by atoms with Crippen molar-refractivity contribution in [3.05, 3.63) is 47.7 Å². The highest BCUT2D eigenvalue weighted by atomic mass is 19.1. The van der Waals surface area contributed by atoms with Crippen LogP contribution >= 0.6 is 0 Å². The van der Waals surface area contributed by atoms with Gasteiger partial charge in [0.15, 0.2) is 5.82 Å². The summed E-state index contributed by atoms with van der Waals surface area (Å²) in [5.41, 5.74) is 0.154. The van der Waals surface area contributed by atoms with Crippen molar-refractivity contribution in [2.24, 2.45) is 0 Å². The Labute approximate surface area is 265 Å². The van der Waals surface area contributed by atoms with E-state index in [1.807, 2.05) is 6.92 Å². The van der Waals surface area contributed by atoms with Gasteiger partial charge in [-0.05, 0) is 86.0 Å². The summed E-state index contributed by atoms with van der Waals surface area (Å²) in [6, 6.07) is 5.92. The summed E-state index contributed by atoms with van der Waals surface area (Å²) in [5.74, 6) is -0.658. The maximum atomic E-state index is 16.8. The van der Waals surface area contributed by atoms with Crippen LogP contribution in [0.3, 0.4) is 0 Å². The molecule has 1 spiro atoms. The number of fused-ring (bicyclic) bond motifs is 3. The summed E-state index contributed by atoms with van der Waals surface area (Å²) in [5, 5.41) is 12.1. The number of rotatable bonds is 6. The van der Waals surface area contributed by atoms with Crippen molar-refractivity contribution >= 4 is 27.5 Å². The monoisotopic (exact) mass is 633 g/mol. The Hall–Kier alpha value is -3.70. The van der Waals surface area contributed by atoms with Crippen LogP contribution in [0, 0.1) is 11.6 Å². The summed E-state index contributed by atoms with van der Waals surface area (Å²) in [7, 11) is 0. The maximum Gasteiger partial charge on any atom is 0.319 e. The van der Waals surface area contributed by atoms with E-state index in [9.17, 15) is 13.9 Å². The van der Waals surface area contributed by atoms with Crippen molar-refractivity contribution < 1.29 is 27.8 Å². The molecule has 0 bridgehead atoms. The fourth-order valence-electron chi connectivity index (χ4n) is 8.47. The lowest BCUT2D eigenvalue weighted by Gasteiger charge is -2.39. The highest BCUT2D eigenvalue weighted by Gasteiger charge is 2.49. The number of ether oxygens (including phenoxy) is 2. The van der Waals surface area contributed by atoms with Gasteiger partial charge in [0.05, 0.1) is 16.5 Å². The van der Waals surface area contributed by atoms with Crippen molar-refractivity contribution in [3.8, 4) is 23.0 Å². The number of anilines is 1. The van der Waals surface area contributed by atoms with Gasteiger partial charge >= 0.3 is 6.01 Å². The number of hydrogen-bond donors (Lipinski definition) is 1. The molecular weight excluding hydrogens is 595 g/mol. The lowest BCUT2D eigenvalue weighted by Crippen LogP contribution is -2.44. The summed E-state index contributed by atoms with van der Waals surface area (Å²) in [4.78, 5) is 18.2. The minimum atomic E-state index is -0.906. The molecule has 2 atom stereocenters. The normalized spacial score (nSPS) is 24.4. The minimum absolute atomic E-state index is 0.0283. The van der Waals surface area contributed by atoms with E-state index < -0.39 is 23.3 Å². The fourth-order valence-corrected chi connectivity index (χ4v) is 8.47. The smallest absolute Gasteiger partial charge is 0.319 e. The fraction of sp³-hybridized carbons (Fsp3) is 0.514. The topological polar surface area (TPSA) is 83.8 Å². The minimum Gasteiger partial charge on any atom is -0.508 e. The van der Waals surface area contributed by atoms with Gasteiger partial charge in [0.2, 0.25) is 0 Å². The van der Waals surface area contributed by atoms with E-state index in [4.69, 9.17) is 14.5 Å². The maximum absolute atomic E-state index is 16.8. The number of benzene rings is 2. The summed E-state index contributed by atoms with van der Waals surface area (Å²) < 4.78 is 58.7. The molecule has 8 rings (SSSR count). The number of alkyl halides is 1. The molecule has 8 nitrogen and oxygen atoms in total. The highest BCUT2D eigenvalue weighted by Crippen LogP contribution is 2.43. The number of phenols is 1. The van der Waals surface area contributed by atoms with E-state index in [1.165, 1.54) is 18.2 Å². The number of aromatic nitrogens is 3. The van der Waals surface area contributed by atoms with E-state index in [1.54, 1.807) is 12.3 Å². The van der Waals surface area contributed by atoms with Crippen LogP contribution in [0.4, 0.5) is 19.0 Å². The van der Waals surface area contributed by atoms with Crippen LogP contribution in [0.1, 0.15) is 57.4 Å². The Bertz CT molecular complexity index is 1820. The Morgan fingerprint density at radius 1 is 1.07 bits per heavy atom. The van der Waals surface area contributed by atoms with Crippen molar-refractivity contribution in [2.45, 2.75) is 75.6 Å². The highest BCUT2D eigenvalue weighted by molar-refractivity contribution is 6.01. The van der Waals surface area contributed by atoms with Crippen LogP contribution < -0.4 is 9.64 Å². The molecule has 0 aliphatic carbocycles. The predicted molar refractivity (Wildman–Crippen MR) is 169 cm³/mol. The van der Waals surface area contributed by atoms with E-state index >= 15 is 4.39 Å². The molecule has 2 aromatic carbocycles. The van der Waals surface area contributed by atoms with Gasteiger partial charge < -0.3 is 19.5 Å². The molecule has 6 heterocycles. The standard InChI is InChI=1S/C35H38F3N5O3/c1-2-24-27(37)6-5-21-15-23(44)16-25(28(21)24)30-29(38)31-26(18-39-30)32(42-12-9-35(10-13-42)8-4-14-46-35)41-33(40-31)45-20-34-7-3-11-43(34)19-22(36)17-34/h5-6,15-16,18,22,44H,2-4,7-14,17,19-20H2,1H3/t22-,34+/m1/s1. The largest absolute Gasteiger partial charge is 0.508 e. The Morgan fingerprint density at radius 2 is 1.91 bits per heavy atom. The van der Waals surface area contributed by atoms with Gasteiger partial charge in [0.1, 0.15) is 41.4 Å². The van der Waals surface area contributed by atoms with Gasteiger partial charge in [-0.15, -0.1) is 0 Å². The predicted octanol–water partition coefficient (Wildman–Crippen LogP) is 6.50. The van der Waals surface area contributed by atoms with Gasteiger partial charge in [-0.1, -0.05) is 13.0 Å². The number of hydrogen-bond acceptors (Lipinski definition) is 8. The molecule has 0 unspecified atom stereocenters. The van der Waals surface area contributed by atoms with Crippen molar-refractivity contribution in [2.75, 3.05) is 44.3 Å². The third kappa shape index (κ3) is 4.85. The number of aromatic hydroxyl groups is 1. The van der Waals surface area contributed by atoms with Crippen molar-refractivity contribution in [1.82, 2.24) is 19.9 Å². The first-order chi connectivity index (χ1) is 22.3. The third-order valence-corrected chi connectivity index (χ3v) is 10.8. The van der Waals surface area contributed by atoms with Gasteiger partial charge in [0, 0.05) is 44.4 Å². The molecule has 4 fully saturated rings. The summed E-state index contributed by atoms with van der Waals surface area (Å²) in [6.07, 6.45) is 6.97. The quantitative estimate of drug-likeness (QED) is 0.258. The van der Waals surface area contributed by atoms with Gasteiger partial charge in [0.25, 0.3) is 0 Å². The number of pyridine rings is 1. The van der Waals surface area contributed by atoms with Crippen LogP contribution in [0.15, 0.2) is 30.5 Å². The molecular formula is C35H38F3N5O3. The molecule has 0 saturated carbocycles. The van der Waals surface area contributed by atoms with Crippen LogP contribution in [0.25, 0.3) is 32.9 Å². The molecule has 0 radical (unpaired) electrons. The Balaban J connectivity index is 1.24. The Morgan fingerprint density at radius 3 is 2.70 bits per heavy atom. The Kier molecular flexibility index (Phi) is 7.24. The molecule has 4 aliphatic rings. The third-order valence-electron chi connectivity index (χ3n) is 10.8. The van der Waals surface area contributed by atoms with Crippen LogP contribution in [-0.2, 0) is 11.2 Å². The molecule has 46 heavy (non-hydrogen) atoms. The SMILES string of the molecule is CCc1c(F)ccc2cc(O)cc(-c3ncc4c(N5CCC6(CCCO6)CC5)nc(OC[C@@]56CCCN5C[C@H](F)C6)nc4c3F)c12. The molecule has 4 saturated heterocycles. The van der Waals surface area contributed by atoms with Crippen molar-refractivity contribution in [1.29, 1.82) is 0 Å². The number of phenolic OH excluding ortho intramolecular Hbond substituents is 1. The average Bonchev–Trinajstić information content (AvgIpc) is 3.75. The second-order valence-corrected chi connectivity index (χ2v) is 13.5. The molecule has 0 amide bonds. The lowest BCUT2D eigenvalue weighted by molar-refractivity contribution is -0.0146. The molecule has 4 aliphatic heterocycles. The zero-order chi connectivity index (χ0) is 31.6. The van der Waals surface area contributed by atoms with Gasteiger partial charge in [-0.25, -0.2) is 13.2 Å². The van der Waals surface area contributed by atoms with Crippen LogP contribution in [-0.4, -0.2) is 81.7 Å². The van der Waals surface area contributed by atoms with E-state index in [0.29, 0.717) is 60.0 Å². The summed E-state index contributed by atoms with van der Waals surface area (Å²) >= 11 is 0. The van der Waals surface area contributed by atoms with Crippen molar-refractivity contribution in [3.63, 3.8) is 0 Å². The average molecular weight is 634 g/mol. The second kappa shape index (κ2) is 11.2. The summed E-state index contributed by atoms with van der Waals surface area (Å²) in [6.45, 7) is 5.39. The molecule has 242 valence electrons. The molecule has 11 heteroatoms. The molecule has 2 aromatic heterocycles. The first-order valence-corrected chi connectivity index (χ1v) is 16.5. The number of halogens is 3. The first kappa shape index (κ1) is 29.7. The number of piperidine rings is 1. The first-order valence-electron chi connectivity index (χ1n) is 16.5.